The molecule has 0 unspecified atom stereocenters. The van der Waals surface area contributed by atoms with Crippen molar-refractivity contribution in [3.8, 4) is 5.82 Å². The van der Waals surface area contributed by atoms with Crippen LogP contribution in [0, 0.1) is 5.92 Å². The molecule has 0 radical (unpaired) electrons. The number of nitrogens with one attached hydrogen (secondary N) is 1. The fourth-order valence-electron chi connectivity index (χ4n) is 4.23. The minimum absolute atomic E-state index is 0.0823. The lowest BCUT2D eigenvalue weighted by atomic mass is 9.88. The Balaban J connectivity index is 0.00000115. The van der Waals surface area contributed by atoms with Crippen molar-refractivity contribution in [2.75, 3.05) is 12.4 Å². The van der Waals surface area contributed by atoms with Crippen molar-refractivity contribution >= 4 is 23.8 Å². The van der Waals surface area contributed by atoms with Gasteiger partial charge in [-0.1, -0.05) is 37.5 Å². The first-order chi connectivity index (χ1) is 17.2. The van der Waals surface area contributed by atoms with Crippen LogP contribution in [0.25, 0.3) is 5.82 Å². The molecule has 36 heavy (non-hydrogen) atoms. The van der Waals surface area contributed by atoms with E-state index in [1.165, 1.54) is 18.7 Å². The molecule has 2 heterocycles. The van der Waals surface area contributed by atoms with E-state index < -0.39 is 11.9 Å². The lowest BCUT2D eigenvalue weighted by Crippen LogP contribution is -2.33. The Kier molecular flexibility index (Phi) is 9.04. The first-order valence-corrected chi connectivity index (χ1v) is 11.5. The Morgan fingerprint density at radius 1 is 1.17 bits per heavy atom. The molecule has 0 atom stereocenters. The van der Waals surface area contributed by atoms with Crippen molar-refractivity contribution in [3.05, 3.63) is 66.1 Å². The van der Waals surface area contributed by atoms with Gasteiger partial charge in [-0.25, -0.2) is 9.67 Å². The average molecular weight is 504 g/mol. The number of amides is 1. The van der Waals surface area contributed by atoms with Gasteiger partial charge in [0.05, 0.1) is 11.9 Å². The number of anilines is 2. The van der Waals surface area contributed by atoms with Gasteiger partial charge in [-0.05, 0) is 42.7 Å². The van der Waals surface area contributed by atoms with Crippen LogP contribution in [0.15, 0.2) is 54.9 Å². The fraction of sp³-hybridized carbons (Fsp3) is 0.360. The zero-order chi connectivity index (χ0) is 26.1. The third-order valence-electron chi connectivity index (χ3n) is 5.89. The maximum absolute atomic E-state index is 13.8. The number of pyridine rings is 1. The molecule has 1 amide bonds. The molecular weight excluding hydrogens is 475 g/mol. The molecule has 0 bridgehead atoms. The quantitative estimate of drug-likeness (QED) is 0.445. The summed E-state index contributed by atoms with van der Waals surface area (Å²) < 4.78 is 42.2. The van der Waals surface area contributed by atoms with Crippen molar-refractivity contribution in [1.29, 1.82) is 0 Å². The molecular formula is C25H28F3N5O3. The van der Waals surface area contributed by atoms with Crippen molar-refractivity contribution in [2.24, 2.45) is 5.92 Å². The highest BCUT2D eigenvalue weighted by Gasteiger charge is 2.39. The monoisotopic (exact) mass is 503 g/mol. The number of benzene rings is 1. The first kappa shape index (κ1) is 26.7. The normalized spacial score (nSPS) is 13.9. The van der Waals surface area contributed by atoms with Crippen molar-refractivity contribution in [2.45, 2.75) is 44.8 Å². The number of alkyl halides is 3. The number of hydrogen-bond acceptors (Lipinski definition) is 5. The van der Waals surface area contributed by atoms with Gasteiger partial charge in [-0.3, -0.25) is 9.59 Å². The van der Waals surface area contributed by atoms with E-state index in [4.69, 9.17) is 9.90 Å². The molecule has 1 aromatic carbocycles. The second-order valence-corrected chi connectivity index (χ2v) is 8.46. The lowest BCUT2D eigenvalue weighted by Gasteiger charge is -2.26. The standard InChI is InChI=1S/C24H26F3N5O.CH2O2/c1-31(23(33)18-7-3-2-4-8-18)16-17-10-12-19(13-11-17)30-20-15-29-32(22(20)24(25,26)27)21-9-5-6-14-28-21;2-1-3/h5-6,9-15,18,30H,2-4,7-8,16H2,1H3;1H,(H,2,3). The van der Waals surface area contributed by atoms with Crippen LogP contribution in [0.4, 0.5) is 24.5 Å². The largest absolute Gasteiger partial charge is 0.483 e. The minimum Gasteiger partial charge on any atom is -0.483 e. The smallest absolute Gasteiger partial charge is 0.435 e. The van der Waals surface area contributed by atoms with Crippen LogP contribution in [0.3, 0.4) is 0 Å². The molecule has 4 rings (SSSR count). The topological polar surface area (TPSA) is 100 Å². The van der Waals surface area contributed by atoms with Gasteiger partial charge >= 0.3 is 6.18 Å². The predicted molar refractivity (Wildman–Crippen MR) is 128 cm³/mol. The van der Waals surface area contributed by atoms with Crippen LogP contribution < -0.4 is 5.32 Å². The molecule has 8 nitrogen and oxygen atoms in total. The number of carboxylic acid groups (broad SMARTS) is 1. The summed E-state index contributed by atoms with van der Waals surface area (Å²) in [6.07, 6.45) is 3.21. The van der Waals surface area contributed by atoms with Crippen LogP contribution in [0.1, 0.15) is 43.4 Å². The first-order valence-electron chi connectivity index (χ1n) is 11.5. The van der Waals surface area contributed by atoms with E-state index in [1.54, 1.807) is 36.2 Å². The maximum atomic E-state index is 13.8. The molecule has 1 saturated carbocycles. The molecule has 1 fully saturated rings. The number of carbonyl (C=O) groups is 2. The number of hydrogen-bond donors (Lipinski definition) is 2. The van der Waals surface area contributed by atoms with Crippen molar-refractivity contribution < 1.29 is 27.9 Å². The van der Waals surface area contributed by atoms with Gasteiger partial charge in [0.2, 0.25) is 5.91 Å². The highest BCUT2D eigenvalue weighted by molar-refractivity contribution is 5.78. The van der Waals surface area contributed by atoms with Gasteiger partial charge in [0.1, 0.15) is 0 Å². The molecule has 0 aliphatic heterocycles. The Morgan fingerprint density at radius 2 is 1.83 bits per heavy atom. The molecule has 1 aliphatic carbocycles. The Labute approximate surface area is 206 Å². The maximum Gasteiger partial charge on any atom is 0.435 e. The molecule has 0 spiro atoms. The second-order valence-electron chi connectivity index (χ2n) is 8.46. The molecule has 192 valence electrons. The van der Waals surface area contributed by atoms with E-state index in [0.717, 1.165) is 42.1 Å². The third kappa shape index (κ3) is 6.83. The number of aromatic nitrogens is 3. The molecule has 2 N–H and O–H groups in total. The van der Waals surface area contributed by atoms with E-state index in [0.29, 0.717) is 12.2 Å². The van der Waals surface area contributed by atoms with Gasteiger partial charge in [0, 0.05) is 31.4 Å². The van der Waals surface area contributed by atoms with Crippen LogP contribution in [0.2, 0.25) is 0 Å². The van der Waals surface area contributed by atoms with E-state index >= 15 is 0 Å². The molecule has 3 aromatic rings. The van der Waals surface area contributed by atoms with Gasteiger partial charge in [0.25, 0.3) is 6.47 Å². The van der Waals surface area contributed by atoms with Crippen LogP contribution in [-0.4, -0.2) is 44.2 Å². The van der Waals surface area contributed by atoms with Crippen LogP contribution in [-0.2, 0) is 22.3 Å². The van der Waals surface area contributed by atoms with E-state index in [-0.39, 0.29) is 29.8 Å². The zero-order valence-electron chi connectivity index (χ0n) is 19.8. The number of rotatable bonds is 6. The van der Waals surface area contributed by atoms with Gasteiger partial charge < -0.3 is 15.3 Å². The number of halogens is 3. The molecule has 1 aliphatic rings. The molecule has 0 saturated heterocycles. The zero-order valence-corrected chi connectivity index (χ0v) is 19.8. The summed E-state index contributed by atoms with van der Waals surface area (Å²) in [7, 11) is 1.80. The summed E-state index contributed by atoms with van der Waals surface area (Å²) in [5, 5.41) is 13.6. The Morgan fingerprint density at radius 3 is 2.42 bits per heavy atom. The molecule has 2 aromatic heterocycles. The van der Waals surface area contributed by atoms with Gasteiger partial charge in [0.15, 0.2) is 11.5 Å². The summed E-state index contributed by atoms with van der Waals surface area (Å²) in [6, 6.07) is 11.7. The van der Waals surface area contributed by atoms with E-state index in [9.17, 15) is 18.0 Å². The van der Waals surface area contributed by atoms with E-state index in [2.05, 4.69) is 15.4 Å². The lowest BCUT2D eigenvalue weighted by molar-refractivity contribution is -0.142. The fourth-order valence-corrected chi connectivity index (χ4v) is 4.23. The van der Waals surface area contributed by atoms with Crippen molar-refractivity contribution in [3.63, 3.8) is 0 Å². The Hall–Kier alpha value is -3.89. The third-order valence-corrected chi connectivity index (χ3v) is 5.89. The minimum atomic E-state index is -4.63. The van der Waals surface area contributed by atoms with Gasteiger partial charge in [-0.15, -0.1) is 0 Å². The average Bonchev–Trinajstić information content (AvgIpc) is 3.30. The van der Waals surface area contributed by atoms with Gasteiger partial charge in [-0.2, -0.15) is 18.3 Å². The summed E-state index contributed by atoms with van der Waals surface area (Å²) in [5.41, 5.74) is 0.312. The summed E-state index contributed by atoms with van der Waals surface area (Å²) >= 11 is 0. The summed E-state index contributed by atoms with van der Waals surface area (Å²) in [5.74, 6) is 0.341. The van der Waals surface area contributed by atoms with Crippen molar-refractivity contribution in [1.82, 2.24) is 19.7 Å². The van der Waals surface area contributed by atoms with Crippen LogP contribution in [0.5, 0.6) is 0 Å². The van der Waals surface area contributed by atoms with Crippen LogP contribution >= 0.6 is 0 Å². The summed E-state index contributed by atoms with van der Waals surface area (Å²) in [4.78, 5) is 26.7. The molecule has 11 heteroatoms. The second kappa shape index (κ2) is 12.2. The highest BCUT2D eigenvalue weighted by atomic mass is 19.4. The van der Waals surface area contributed by atoms with E-state index in [1.807, 2.05) is 12.1 Å². The number of nitrogens with zero attached hydrogens (tertiary/aromatic N) is 4. The predicted octanol–water partition coefficient (Wildman–Crippen LogP) is 5.27. The number of carbonyl (C=O) groups excluding carboxylic acids is 1. The summed E-state index contributed by atoms with van der Waals surface area (Å²) in [6.45, 7) is 0.209. The SMILES string of the molecule is CN(Cc1ccc(Nc2cnn(-c3ccccn3)c2C(F)(F)F)cc1)C(=O)C1CCCCC1.O=CO. The highest BCUT2D eigenvalue weighted by Crippen LogP contribution is 2.37. The Bertz CT molecular complexity index is 1130.